The molecule has 2 N–H and O–H groups in total. The molecule has 0 heterocycles. The van der Waals surface area contributed by atoms with Gasteiger partial charge in [0.05, 0.1) is 0 Å². The van der Waals surface area contributed by atoms with Crippen LogP contribution in [0.4, 0.5) is 0 Å². The number of hydrogen-bond acceptors (Lipinski definition) is 2. The van der Waals surface area contributed by atoms with Crippen molar-refractivity contribution in [1.82, 2.24) is 10.6 Å². The highest BCUT2D eigenvalue weighted by Gasteiger charge is 2.30. The number of nitrogens with one attached hydrogen (secondary N) is 2. The maximum Gasteiger partial charge on any atom is 0.221 e. The van der Waals surface area contributed by atoms with Crippen LogP contribution in [-0.4, -0.2) is 25.0 Å². The Kier molecular flexibility index (Phi) is 7.44. The summed E-state index contributed by atoms with van der Waals surface area (Å²) in [7, 11) is 0. The predicted octanol–water partition coefficient (Wildman–Crippen LogP) is 2.95. The molecule has 0 saturated heterocycles. The summed E-state index contributed by atoms with van der Waals surface area (Å²) >= 11 is 0. The molecule has 0 spiro atoms. The third-order valence-electron chi connectivity index (χ3n) is 4.35. The molecular weight excluding hydrogens is 236 g/mol. The van der Waals surface area contributed by atoms with Gasteiger partial charge in [0, 0.05) is 25.6 Å². The van der Waals surface area contributed by atoms with Crippen LogP contribution in [0.1, 0.15) is 59.8 Å². The van der Waals surface area contributed by atoms with Crippen molar-refractivity contribution < 1.29 is 4.79 Å². The normalized spacial score (nSPS) is 27.5. The molecule has 0 aromatic carbocycles. The molecule has 0 aliphatic heterocycles. The third kappa shape index (κ3) is 5.94. The fourth-order valence-corrected chi connectivity index (χ4v) is 3.16. The number of hydrogen-bond donors (Lipinski definition) is 2. The van der Waals surface area contributed by atoms with E-state index in [9.17, 15) is 4.79 Å². The number of amides is 1. The molecule has 112 valence electrons. The average Bonchev–Trinajstić information content (AvgIpc) is 2.36. The minimum Gasteiger partial charge on any atom is -0.356 e. The zero-order valence-electron chi connectivity index (χ0n) is 13.2. The summed E-state index contributed by atoms with van der Waals surface area (Å²) in [5.41, 5.74) is 0. The lowest BCUT2D eigenvalue weighted by molar-refractivity contribution is -0.121. The summed E-state index contributed by atoms with van der Waals surface area (Å²) < 4.78 is 0. The lowest BCUT2D eigenvalue weighted by Gasteiger charge is -2.38. The van der Waals surface area contributed by atoms with Gasteiger partial charge < -0.3 is 10.6 Å². The summed E-state index contributed by atoms with van der Waals surface area (Å²) in [6.45, 7) is 10.7. The molecule has 1 aliphatic rings. The molecule has 1 fully saturated rings. The van der Waals surface area contributed by atoms with Gasteiger partial charge in [-0.05, 0) is 37.0 Å². The highest BCUT2D eigenvalue weighted by atomic mass is 16.1. The van der Waals surface area contributed by atoms with Gasteiger partial charge >= 0.3 is 0 Å². The maximum atomic E-state index is 11.6. The molecule has 0 aromatic rings. The van der Waals surface area contributed by atoms with Crippen molar-refractivity contribution in [1.29, 1.82) is 0 Å². The largest absolute Gasteiger partial charge is 0.356 e. The fourth-order valence-electron chi connectivity index (χ4n) is 3.16. The van der Waals surface area contributed by atoms with Crippen molar-refractivity contribution in [3.63, 3.8) is 0 Å². The van der Waals surface area contributed by atoms with Gasteiger partial charge in [0.25, 0.3) is 0 Å². The van der Waals surface area contributed by atoms with Crippen molar-refractivity contribution in [2.24, 2.45) is 17.8 Å². The summed E-state index contributed by atoms with van der Waals surface area (Å²) in [5, 5.41) is 6.56. The monoisotopic (exact) mass is 268 g/mol. The minimum absolute atomic E-state index is 0.180. The van der Waals surface area contributed by atoms with Crippen LogP contribution in [0.3, 0.4) is 0 Å². The molecular formula is C16H32N2O. The highest BCUT2D eigenvalue weighted by Crippen LogP contribution is 2.33. The van der Waals surface area contributed by atoms with Crippen LogP contribution in [-0.2, 0) is 4.79 Å². The van der Waals surface area contributed by atoms with Crippen molar-refractivity contribution >= 4 is 5.91 Å². The summed E-state index contributed by atoms with van der Waals surface area (Å²) in [4.78, 5) is 11.6. The van der Waals surface area contributed by atoms with E-state index in [2.05, 4.69) is 38.3 Å². The van der Waals surface area contributed by atoms with Crippen LogP contribution >= 0.6 is 0 Å². The fraction of sp³-hybridized carbons (Fsp3) is 0.938. The number of carbonyl (C=O) groups excluding carboxylic acids is 1. The van der Waals surface area contributed by atoms with E-state index in [1.165, 1.54) is 19.3 Å². The van der Waals surface area contributed by atoms with Gasteiger partial charge in [-0.1, -0.05) is 34.1 Å². The zero-order chi connectivity index (χ0) is 14.3. The van der Waals surface area contributed by atoms with Gasteiger partial charge in [0.1, 0.15) is 0 Å². The van der Waals surface area contributed by atoms with Gasteiger partial charge in [-0.2, -0.15) is 0 Å². The number of rotatable bonds is 7. The molecule has 3 heteroatoms. The Balaban J connectivity index is 2.30. The van der Waals surface area contributed by atoms with Gasteiger partial charge in [-0.15, -0.1) is 0 Å². The molecule has 0 radical (unpaired) electrons. The SMILES string of the molecule is CCCNC(=O)CCNC1CC(C)CCC1C(C)C. The first-order valence-corrected chi connectivity index (χ1v) is 8.04. The molecule has 3 atom stereocenters. The van der Waals surface area contributed by atoms with E-state index in [0.29, 0.717) is 12.5 Å². The predicted molar refractivity (Wildman–Crippen MR) is 81.1 cm³/mol. The van der Waals surface area contributed by atoms with Crippen molar-refractivity contribution in [2.45, 2.75) is 65.8 Å². The molecule has 3 unspecified atom stereocenters. The average molecular weight is 268 g/mol. The number of carbonyl (C=O) groups is 1. The van der Waals surface area contributed by atoms with E-state index in [-0.39, 0.29) is 5.91 Å². The second-order valence-electron chi connectivity index (χ2n) is 6.49. The summed E-state index contributed by atoms with van der Waals surface area (Å²) in [5.74, 6) is 2.51. The second kappa shape index (κ2) is 8.57. The quantitative estimate of drug-likeness (QED) is 0.745. The molecule has 1 amide bonds. The van der Waals surface area contributed by atoms with E-state index >= 15 is 0 Å². The second-order valence-corrected chi connectivity index (χ2v) is 6.49. The first-order chi connectivity index (χ1) is 9.04. The Morgan fingerprint density at radius 2 is 2.00 bits per heavy atom. The first-order valence-electron chi connectivity index (χ1n) is 8.04. The van der Waals surface area contributed by atoms with E-state index < -0.39 is 0 Å². The Hall–Kier alpha value is -0.570. The van der Waals surface area contributed by atoms with Crippen LogP contribution in [0.5, 0.6) is 0 Å². The maximum absolute atomic E-state index is 11.6. The van der Waals surface area contributed by atoms with Gasteiger partial charge in [0.15, 0.2) is 0 Å². The van der Waals surface area contributed by atoms with E-state index in [1.807, 2.05) is 0 Å². The van der Waals surface area contributed by atoms with Gasteiger partial charge in [0.2, 0.25) is 5.91 Å². The van der Waals surface area contributed by atoms with Crippen molar-refractivity contribution in [3.8, 4) is 0 Å². The van der Waals surface area contributed by atoms with Crippen molar-refractivity contribution in [2.75, 3.05) is 13.1 Å². The molecule has 0 aromatic heterocycles. The minimum atomic E-state index is 0.180. The van der Waals surface area contributed by atoms with Gasteiger partial charge in [-0.25, -0.2) is 0 Å². The van der Waals surface area contributed by atoms with Crippen LogP contribution in [0, 0.1) is 17.8 Å². The Morgan fingerprint density at radius 1 is 1.26 bits per heavy atom. The lowest BCUT2D eigenvalue weighted by Crippen LogP contribution is -2.44. The summed E-state index contributed by atoms with van der Waals surface area (Å²) in [6, 6.07) is 0.600. The van der Waals surface area contributed by atoms with Crippen LogP contribution in [0.2, 0.25) is 0 Å². The Morgan fingerprint density at radius 3 is 2.63 bits per heavy atom. The zero-order valence-corrected chi connectivity index (χ0v) is 13.2. The molecule has 3 nitrogen and oxygen atoms in total. The third-order valence-corrected chi connectivity index (χ3v) is 4.35. The topological polar surface area (TPSA) is 41.1 Å². The molecule has 1 saturated carbocycles. The van der Waals surface area contributed by atoms with Crippen LogP contribution in [0.15, 0.2) is 0 Å². The lowest BCUT2D eigenvalue weighted by atomic mass is 9.74. The Bertz CT molecular complexity index is 265. The molecule has 19 heavy (non-hydrogen) atoms. The molecule has 1 aliphatic carbocycles. The van der Waals surface area contributed by atoms with E-state index in [4.69, 9.17) is 0 Å². The molecule has 1 rings (SSSR count). The van der Waals surface area contributed by atoms with Crippen LogP contribution in [0.25, 0.3) is 0 Å². The standard InChI is InChI=1S/C16H32N2O/c1-5-9-18-16(19)8-10-17-15-11-13(4)6-7-14(15)12(2)3/h12-15,17H,5-11H2,1-4H3,(H,18,19). The van der Waals surface area contributed by atoms with Crippen LogP contribution < -0.4 is 10.6 Å². The smallest absolute Gasteiger partial charge is 0.221 e. The summed E-state index contributed by atoms with van der Waals surface area (Å²) in [6.07, 6.45) is 5.57. The van der Waals surface area contributed by atoms with Gasteiger partial charge in [-0.3, -0.25) is 4.79 Å². The first kappa shape index (κ1) is 16.5. The van der Waals surface area contributed by atoms with E-state index in [0.717, 1.165) is 37.3 Å². The Labute approximate surface area is 118 Å². The molecule has 0 bridgehead atoms. The van der Waals surface area contributed by atoms with E-state index in [1.54, 1.807) is 0 Å². The highest BCUT2D eigenvalue weighted by molar-refractivity contribution is 5.75. The van der Waals surface area contributed by atoms with Crippen molar-refractivity contribution in [3.05, 3.63) is 0 Å².